The standard InChI is InChI=1S/C19H20N2O2/c22-18(10-12-20-19(23)16-7-2-1-3-8-16)21-13-11-15-6-4-5-9-17(15)14-21/h1-9H,10-14H2,(H,20,23). The van der Waals surface area contributed by atoms with Crippen LogP contribution < -0.4 is 5.32 Å². The van der Waals surface area contributed by atoms with Gasteiger partial charge < -0.3 is 10.2 Å². The molecule has 2 aromatic carbocycles. The van der Waals surface area contributed by atoms with E-state index >= 15 is 0 Å². The van der Waals surface area contributed by atoms with Gasteiger partial charge in [-0.05, 0) is 29.7 Å². The molecule has 0 saturated heterocycles. The van der Waals surface area contributed by atoms with Crippen molar-refractivity contribution >= 4 is 11.8 Å². The van der Waals surface area contributed by atoms with Crippen molar-refractivity contribution < 1.29 is 9.59 Å². The van der Waals surface area contributed by atoms with Gasteiger partial charge in [0.15, 0.2) is 0 Å². The third-order valence-electron chi connectivity index (χ3n) is 4.14. The highest BCUT2D eigenvalue weighted by molar-refractivity contribution is 5.94. The minimum Gasteiger partial charge on any atom is -0.352 e. The Morgan fingerprint density at radius 2 is 1.65 bits per heavy atom. The molecule has 1 N–H and O–H groups in total. The summed E-state index contributed by atoms with van der Waals surface area (Å²) in [7, 11) is 0. The predicted octanol–water partition coefficient (Wildman–Crippen LogP) is 2.39. The summed E-state index contributed by atoms with van der Waals surface area (Å²) in [6.45, 7) is 1.79. The number of fused-ring (bicyclic) bond motifs is 1. The van der Waals surface area contributed by atoms with Crippen molar-refractivity contribution in [3.8, 4) is 0 Å². The van der Waals surface area contributed by atoms with Gasteiger partial charge in [-0.15, -0.1) is 0 Å². The average Bonchev–Trinajstić information content (AvgIpc) is 2.61. The van der Waals surface area contributed by atoms with E-state index in [2.05, 4.69) is 17.4 Å². The largest absolute Gasteiger partial charge is 0.352 e. The molecule has 1 heterocycles. The Labute approximate surface area is 136 Å². The molecule has 0 unspecified atom stereocenters. The lowest BCUT2D eigenvalue weighted by Crippen LogP contribution is -2.38. The van der Waals surface area contributed by atoms with Crippen LogP contribution in [0, 0.1) is 0 Å². The lowest BCUT2D eigenvalue weighted by atomic mass is 10.00. The molecule has 4 heteroatoms. The zero-order valence-electron chi connectivity index (χ0n) is 13.0. The van der Waals surface area contributed by atoms with E-state index in [1.165, 1.54) is 11.1 Å². The van der Waals surface area contributed by atoms with Gasteiger partial charge in [-0.3, -0.25) is 9.59 Å². The summed E-state index contributed by atoms with van der Waals surface area (Å²) in [5.74, 6) is -0.0461. The van der Waals surface area contributed by atoms with Crippen molar-refractivity contribution in [2.45, 2.75) is 19.4 Å². The van der Waals surface area contributed by atoms with E-state index in [0.29, 0.717) is 25.1 Å². The number of amides is 2. The van der Waals surface area contributed by atoms with Crippen molar-refractivity contribution in [2.75, 3.05) is 13.1 Å². The first-order valence-electron chi connectivity index (χ1n) is 7.92. The normalized spacial score (nSPS) is 13.3. The number of carbonyl (C=O) groups excluding carboxylic acids is 2. The highest BCUT2D eigenvalue weighted by Gasteiger charge is 2.20. The molecule has 2 aromatic rings. The summed E-state index contributed by atoms with van der Waals surface area (Å²) in [6, 6.07) is 17.3. The van der Waals surface area contributed by atoms with Crippen molar-refractivity contribution in [1.29, 1.82) is 0 Å². The molecular formula is C19H20N2O2. The van der Waals surface area contributed by atoms with Gasteiger partial charge in [-0.2, -0.15) is 0 Å². The Balaban J connectivity index is 1.48. The summed E-state index contributed by atoms with van der Waals surface area (Å²) < 4.78 is 0. The number of rotatable bonds is 4. The number of hydrogen-bond acceptors (Lipinski definition) is 2. The van der Waals surface area contributed by atoms with E-state index in [1.807, 2.05) is 35.2 Å². The van der Waals surface area contributed by atoms with Crippen LogP contribution in [0.25, 0.3) is 0 Å². The van der Waals surface area contributed by atoms with Crippen LogP contribution in [0.2, 0.25) is 0 Å². The number of nitrogens with zero attached hydrogens (tertiary/aromatic N) is 1. The average molecular weight is 308 g/mol. The molecule has 0 atom stereocenters. The molecule has 1 aliphatic rings. The van der Waals surface area contributed by atoms with Gasteiger partial charge >= 0.3 is 0 Å². The molecule has 0 saturated carbocycles. The van der Waals surface area contributed by atoms with Crippen LogP contribution in [-0.4, -0.2) is 29.8 Å². The van der Waals surface area contributed by atoms with Crippen molar-refractivity contribution in [2.24, 2.45) is 0 Å². The molecule has 0 bridgehead atoms. The number of nitrogens with one attached hydrogen (secondary N) is 1. The van der Waals surface area contributed by atoms with E-state index in [1.54, 1.807) is 12.1 Å². The Bertz CT molecular complexity index is 698. The second-order valence-electron chi connectivity index (χ2n) is 5.71. The molecule has 1 aliphatic heterocycles. The van der Waals surface area contributed by atoms with Gasteiger partial charge in [-0.1, -0.05) is 42.5 Å². The zero-order chi connectivity index (χ0) is 16.1. The van der Waals surface area contributed by atoms with Crippen LogP contribution in [0.1, 0.15) is 27.9 Å². The fraction of sp³-hybridized carbons (Fsp3) is 0.263. The topological polar surface area (TPSA) is 49.4 Å². The molecule has 0 fully saturated rings. The summed E-state index contributed by atoms with van der Waals surface area (Å²) in [5.41, 5.74) is 3.17. The fourth-order valence-electron chi connectivity index (χ4n) is 2.84. The van der Waals surface area contributed by atoms with E-state index in [0.717, 1.165) is 13.0 Å². The fourth-order valence-corrected chi connectivity index (χ4v) is 2.84. The Morgan fingerprint density at radius 3 is 2.43 bits per heavy atom. The van der Waals surface area contributed by atoms with Crippen molar-refractivity contribution in [3.05, 3.63) is 71.3 Å². The smallest absolute Gasteiger partial charge is 0.251 e. The predicted molar refractivity (Wildman–Crippen MR) is 89.0 cm³/mol. The summed E-state index contributed by atoms with van der Waals surface area (Å²) in [6.07, 6.45) is 1.24. The monoisotopic (exact) mass is 308 g/mol. The van der Waals surface area contributed by atoms with Gasteiger partial charge in [-0.25, -0.2) is 0 Å². The van der Waals surface area contributed by atoms with Crippen molar-refractivity contribution in [1.82, 2.24) is 10.2 Å². The van der Waals surface area contributed by atoms with E-state index < -0.39 is 0 Å². The van der Waals surface area contributed by atoms with Gasteiger partial charge in [0, 0.05) is 31.6 Å². The quantitative estimate of drug-likeness (QED) is 0.943. The maximum absolute atomic E-state index is 12.3. The highest BCUT2D eigenvalue weighted by atomic mass is 16.2. The van der Waals surface area contributed by atoms with Crippen molar-refractivity contribution in [3.63, 3.8) is 0 Å². The Kier molecular flexibility index (Phi) is 4.71. The van der Waals surface area contributed by atoms with Crippen LogP contribution in [0.3, 0.4) is 0 Å². The maximum Gasteiger partial charge on any atom is 0.251 e. The first kappa shape index (κ1) is 15.3. The summed E-state index contributed by atoms with van der Waals surface area (Å²) >= 11 is 0. The van der Waals surface area contributed by atoms with Gasteiger partial charge in [0.1, 0.15) is 0 Å². The molecule has 23 heavy (non-hydrogen) atoms. The van der Waals surface area contributed by atoms with Gasteiger partial charge in [0.2, 0.25) is 5.91 Å². The van der Waals surface area contributed by atoms with Crippen LogP contribution >= 0.6 is 0 Å². The van der Waals surface area contributed by atoms with E-state index in [9.17, 15) is 9.59 Å². The van der Waals surface area contributed by atoms with Crippen LogP contribution in [-0.2, 0) is 17.8 Å². The third-order valence-corrected chi connectivity index (χ3v) is 4.14. The molecule has 4 nitrogen and oxygen atoms in total. The molecule has 0 aliphatic carbocycles. The third kappa shape index (κ3) is 3.77. The molecule has 0 radical (unpaired) electrons. The number of carbonyl (C=O) groups is 2. The second-order valence-corrected chi connectivity index (χ2v) is 5.71. The highest BCUT2D eigenvalue weighted by Crippen LogP contribution is 2.18. The number of benzene rings is 2. The maximum atomic E-state index is 12.3. The lowest BCUT2D eigenvalue weighted by Gasteiger charge is -2.29. The summed E-state index contributed by atoms with van der Waals surface area (Å²) in [4.78, 5) is 26.1. The molecular weight excluding hydrogens is 288 g/mol. The van der Waals surface area contributed by atoms with E-state index in [-0.39, 0.29) is 11.8 Å². The summed E-state index contributed by atoms with van der Waals surface area (Å²) in [5, 5.41) is 2.80. The minimum absolute atomic E-state index is 0.0906. The minimum atomic E-state index is -0.137. The SMILES string of the molecule is O=C(NCCC(=O)N1CCc2ccccc2C1)c1ccccc1. The Hall–Kier alpha value is -2.62. The number of hydrogen-bond donors (Lipinski definition) is 1. The molecule has 118 valence electrons. The zero-order valence-corrected chi connectivity index (χ0v) is 13.0. The van der Waals surface area contributed by atoms with Crippen LogP contribution in [0.5, 0.6) is 0 Å². The molecule has 3 rings (SSSR count). The second kappa shape index (κ2) is 7.09. The van der Waals surface area contributed by atoms with E-state index in [4.69, 9.17) is 0 Å². The molecule has 0 aromatic heterocycles. The molecule has 2 amide bonds. The van der Waals surface area contributed by atoms with Crippen LogP contribution in [0.15, 0.2) is 54.6 Å². The van der Waals surface area contributed by atoms with Gasteiger partial charge in [0.25, 0.3) is 5.91 Å². The Morgan fingerprint density at radius 1 is 0.957 bits per heavy atom. The van der Waals surface area contributed by atoms with Gasteiger partial charge in [0.05, 0.1) is 0 Å². The molecule has 0 spiro atoms. The van der Waals surface area contributed by atoms with Crippen LogP contribution in [0.4, 0.5) is 0 Å². The lowest BCUT2D eigenvalue weighted by molar-refractivity contribution is -0.131. The first-order chi connectivity index (χ1) is 11.2. The first-order valence-corrected chi connectivity index (χ1v) is 7.92.